The Morgan fingerprint density at radius 3 is 2.04 bits per heavy atom. The Hall–Kier alpha value is -4.45. The molecule has 2 N–H and O–H groups in total. The normalized spacial score (nSPS) is 18.7. The number of rotatable bonds is 10. The highest BCUT2D eigenvalue weighted by Gasteiger charge is 2.59. The van der Waals surface area contributed by atoms with Gasteiger partial charge in [0, 0.05) is 17.1 Å². The summed E-state index contributed by atoms with van der Waals surface area (Å²) >= 11 is 5.92. The lowest BCUT2D eigenvalue weighted by Gasteiger charge is -2.41. The molecule has 1 aliphatic heterocycles. The van der Waals surface area contributed by atoms with Crippen LogP contribution in [0.25, 0.3) is 21.9 Å². The zero-order chi connectivity index (χ0) is 39.9. The van der Waals surface area contributed by atoms with Gasteiger partial charge in [-0.3, -0.25) is 4.79 Å². The summed E-state index contributed by atoms with van der Waals surface area (Å²) in [6.45, 7) is -2.29. The average Bonchev–Trinajstić information content (AvgIpc) is 3.65. The van der Waals surface area contributed by atoms with Gasteiger partial charge in [-0.25, -0.2) is 22.0 Å². The van der Waals surface area contributed by atoms with Crippen molar-refractivity contribution in [1.82, 2.24) is 9.37 Å². The summed E-state index contributed by atoms with van der Waals surface area (Å²) in [5.41, 5.74) is 5.17. The summed E-state index contributed by atoms with van der Waals surface area (Å²) in [6.07, 6.45) is -2.99. The number of amides is 1. The number of sulfonamides is 1. The minimum Gasteiger partial charge on any atom is -0.490 e. The zero-order valence-electron chi connectivity index (χ0n) is 28.6. The van der Waals surface area contributed by atoms with Gasteiger partial charge < -0.3 is 20.2 Å². The van der Waals surface area contributed by atoms with E-state index in [1.165, 1.54) is 30.3 Å². The van der Waals surface area contributed by atoms with Crippen LogP contribution in [-0.4, -0.2) is 73.0 Å². The summed E-state index contributed by atoms with van der Waals surface area (Å²) in [5.74, 6) is -13.6. The molecule has 1 saturated heterocycles. The molecular formula is C37H33ClF7N3O6S. The molecule has 294 valence electrons. The number of carbonyl (C=O) groups excluding carboxylic acids is 2. The highest BCUT2D eigenvalue weighted by molar-refractivity contribution is 7.89. The number of likely N-dealkylation sites (tertiary alicyclic amines) is 1. The number of piperidine rings is 1. The predicted octanol–water partition coefficient (Wildman–Crippen LogP) is 7.85. The molecule has 4 aromatic rings. The second kappa shape index (κ2) is 15.2. The van der Waals surface area contributed by atoms with Gasteiger partial charge in [0.1, 0.15) is 5.75 Å². The van der Waals surface area contributed by atoms with E-state index in [1.807, 2.05) is 0 Å². The molecule has 18 heteroatoms. The molecule has 55 heavy (non-hydrogen) atoms. The first-order chi connectivity index (χ1) is 25.8. The number of hydrogen-bond acceptors (Lipinski definition) is 7. The summed E-state index contributed by atoms with van der Waals surface area (Å²) in [5, 5.41) is 0.912. The van der Waals surface area contributed by atoms with Gasteiger partial charge in [-0.05, 0) is 94.9 Å². The second-order valence-electron chi connectivity index (χ2n) is 13.4. The van der Waals surface area contributed by atoms with Gasteiger partial charge in [0.25, 0.3) is 21.9 Å². The van der Waals surface area contributed by atoms with Gasteiger partial charge in [-0.2, -0.15) is 22.0 Å². The molecule has 1 saturated carbocycles. The van der Waals surface area contributed by atoms with Crippen molar-refractivity contribution in [1.29, 1.82) is 0 Å². The summed E-state index contributed by atoms with van der Waals surface area (Å²) in [4.78, 5) is 29.7. The number of fused-ring (bicyclic) bond motifs is 1. The van der Waals surface area contributed by atoms with Crippen LogP contribution in [0.15, 0.2) is 89.8 Å². The van der Waals surface area contributed by atoms with E-state index in [1.54, 1.807) is 18.2 Å². The fraction of sp³-hybridized carbons (Fsp3) is 0.351. The van der Waals surface area contributed by atoms with Crippen molar-refractivity contribution in [2.75, 3.05) is 13.1 Å². The maximum atomic E-state index is 16.9. The number of alkyl halides is 7. The lowest BCUT2D eigenvalue weighted by Crippen LogP contribution is -2.63. The Kier molecular flexibility index (Phi) is 11.1. The van der Waals surface area contributed by atoms with Crippen LogP contribution in [0.2, 0.25) is 5.02 Å². The molecule has 4 aromatic carbocycles. The minimum absolute atomic E-state index is 0.0330. The van der Waals surface area contributed by atoms with Crippen LogP contribution in [0.1, 0.15) is 37.7 Å². The molecule has 0 spiro atoms. The van der Waals surface area contributed by atoms with E-state index in [0.29, 0.717) is 27.3 Å². The first kappa shape index (κ1) is 40.2. The summed E-state index contributed by atoms with van der Waals surface area (Å²) < 4.78 is 138. The van der Waals surface area contributed by atoms with E-state index >= 15 is 8.78 Å². The molecule has 1 amide bonds. The first-order valence-electron chi connectivity index (χ1n) is 17.0. The van der Waals surface area contributed by atoms with Crippen LogP contribution in [0.4, 0.5) is 30.7 Å². The van der Waals surface area contributed by atoms with E-state index in [9.17, 15) is 40.0 Å². The van der Waals surface area contributed by atoms with Crippen molar-refractivity contribution in [3.8, 4) is 16.9 Å². The first-order valence-corrected chi connectivity index (χ1v) is 18.8. The van der Waals surface area contributed by atoms with Crippen LogP contribution in [0.5, 0.6) is 5.75 Å². The van der Waals surface area contributed by atoms with Crippen molar-refractivity contribution >= 4 is 44.3 Å². The fourth-order valence-corrected chi connectivity index (χ4v) is 8.01. The van der Waals surface area contributed by atoms with Crippen LogP contribution in [0.3, 0.4) is 0 Å². The van der Waals surface area contributed by atoms with Gasteiger partial charge in [0.15, 0.2) is 0 Å². The van der Waals surface area contributed by atoms with E-state index in [0.717, 1.165) is 62.1 Å². The quantitative estimate of drug-likeness (QED) is 0.128. The molecule has 0 unspecified atom stereocenters. The molecule has 0 bridgehead atoms. The SMILES string of the molecule is N[C@H]1CCN(C(=O)[C@H](N(OC(=O)C(F)(F)F)S(=O)(=O)c2ccc3cc(OC4CCCC4)ccc3c2)C(F)(F)c2ccc(-c3ccc(Cl)cc3)cc2)CC1(F)F. The molecule has 0 aromatic heterocycles. The fourth-order valence-electron chi connectivity index (χ4n) is 6.49. The number of nitrogens with two attached hydrogens (primary N) is 1. The molecule has 9 nitrogen and oxygen atoms in total. The zero-order valence-corrected chi connectivity index (χ0v) is 30.2. The average molecular weight is 816 g/mol. The van der Waals surface area contributed by atoms with Crippen LogP contribution >= 0.6 is 11.6 Å². The maximum absolute atomic E-state index is 16.9. The van der Waals surface area contributed by atoms with Crippen molar-refractivity contribution in [2.24, 2.45) is 5.73 Å². The number of hydrogen-bond donors (Lipinski definition) is 1. The van der Waals surface area contributed by atoms with Crippen LogP contribution in [-0.2, 0) is 30.4 Å². The van der Waals surface area contributed by atoms with Crippen LogP contribution < -0.4 is 10.5 Å². The van der Waals surface area contributed by atoms with E-state index in [-0.39, 0.29) is 16.4 Å². The van der Waals surface area contributed by atoms with Gasteiger partial charge in [-0.15, -0.1) is 0 Å². The lowest BCUT2D eigenvalue weighted by molar-refractivity contribution is -0.240. The third kappa shape index (κ3) is 8.54. The van der Waals surface area contributed by atoms with Crippen molar-refractivity contribution in [2.45, 2.75) is 73.2 Å². The van der Waals surface area contributed by atoms with Gasteiger partial charge in [0.05, 0.1) is 23.6 Å². The van der Waals surface area contributed by atoms with E-state index in [4.69, 9.17) is 22.1 Å². The smallest absolute Gasteiger partial charge is 0.490 e. The number of carbonyl (C=O) groups is 2. The third-order valence-electron chi connectivity index (χ3n) is 9.53. The Balaban J connectivity index is 1.46. The summed E-state index contributed by atoms with van der Waals surface area (Å²) in [7, 11) is -5.84. The van der Waals surface area contributed by atoms with Crippen molar-refractivity contribution in [3.05, 3.63) is 95.5 Å². The Morgan fingerprint density at radius 1 is 0.855 bits per heavy atom. The number of ether oxygens (including phenoxy) is 1. The molecule has 2 atom stereocenters. The maximum Gasteiger partial charge on any atom is 0.492 e. The third-order valence-corrected chi connectivity index (χ3v) is 11.4. The molecule has 0 radical (unpaired) electrons. The highest BCUT2D eigenvalue weighted by Crippen LogP contribution is 2.41. The molecular weight excluding hydrogens is 783 g/mol. The number of halogens is 8. The van der Waals surface area contributed by atoms with Crippen molar-refractivity contribution < 1.29 is 58.3 Å². The monoisotopic (exact) mass is 815 g/mol. The van der Waals surface area contributed by atoms with Gasteiger partial charge >= 0.3 is 18.1 Å². The molecule has 1 aliphatic carbocycles. The van der Waals surface area contributed by atoms with Crippen molar-refractivity contribution in [3.63, 3.8) is 0 Å². The molecule has 2 aliphatic rings. The lowest BCUT2D eigenvalue weighted by atomic mass is 9.95. The Bertz CT molecular complexity index is 2170. The second-order valence-corrected chi connectivity index (χ2v) is 15.6. The summed E-state index contributed by atoms with van der Waals surface area (Å²) in [6, 6.07) is 12.0. The predicted molar refractivity (Wildman–Crippen MR) is 187 cm³/mol. The topological polar surface area (TPSA) is 119 Å². The number of hydroxylamine groups is 1. The molecule has 2 fully saturated rings. The Morgan fingerprint density at radius 2 is 1.44 bits per heavy atom. The highest BCUT2D eigenvalue weighted by atomic mass is 35.5. The molecule has 1 heterocycles. The standard InChI is InChI=1S/C37H33ClF7N3O6S/c38-27-13-7-23(8-14-27)22-5-11-26(12-6-22)36(41,42)32(33(49)47-18-17-31(46)35(39,40)21-47)48(54-34(50)37(43,44)45)55(51,52)30-16-10-24-19-29(15-9-25(24)20-30)53-28-3-1-2-4-28/h5-16,19-20,28,31-32H,1-4,17-18,21,46H2/t31-,32-/m0/s1. The van der Waals surface area contributed by atoms with Crippen LogP contribution in [0, 0.1) is 0 Å². The number of benzene rings is 4. The molecule has 6 rings (SSSR count). The van der Waals surface area contributed by atoms with E-state index in [2.05, 4.69) is 4.84 Å². The Labute approximate surface area is 315 Å². The van der Waals surface area contributed by atoms with Gasteiger partial charge in [-0.1, -0.05) is 60.1 Å². The largest absolute Gasteiger partial charge is 0.492 e. The van der Waals surface area contributed by atoms with E-state index < -0.39 is 86.4 Å². The number of nitrogens with zero attached hydrogens (tertiary/aromatic N) is 2. The van der Waals surface area contributed by atoms with Gasteiger partial charge in [0.2, 0.25) is 6.04 Å². The minimum atomic E-state index is -5.96.